The molecule has 0 aliphatic carbocycles. The van der Waals surface area contributed by atoms with Crippen LogP contribution in [0.4, 0.5) is 0 Å². The molecule has 0 fully saturated rings. The van der Waals surface area contributed by atoms with Crippen LogP contribution < -0.4 is 5.32 Å². The zero-order valence-corrected chi connectivity index (χ0v) is 13.0. The van der Waals surface area contributed by atoms with Crippen molar-refractivity contribution in [1.82, 2.24) is 10.2 Å². The summed E-state index contributed by atoms with van der Waals surface area (Å²) in [6.45, 7) is 9.99. The van der Waals surface area contributed by atoms with Gasteiger partial charge in [-0.1, -0.05) is 13.8 Å². The quantitative estimate of drug-likeness (QED) is 0.554. The Kier molecular flexibility index (Phi) is 10.0. The SMILES string of the molecule is CCN(CC(=O)NCCCOC(C)C)CC(C)C(=O)O. The van der Waals surface area contributed by atoms with E-state index in [1.165, 1.54) is 0 Å². The van der Waals surface area contributed by atoms with E-state index < -0.39 is 11.9 Å². The Bertz CT molecular complexity index is 295. The Morgan fingerprint density at radius 2 is 1.95 bits per heavy atom. The number of rotatable bonds is 11. The minimum atomic E-state index is -0.838. The molecule has 6 nitrogen and oxygen atoms in total. The number of carbonyl (C=O) groups is 2. The first kappa shape index (κ1) is 18.9. The van der Waals surface area contributed by atoms with Crippen molar-refractivity contribution in [3.05, 3.63) is 0 Å². The highest BCUT2D eigenvalue weighted by molar-refractivity contribution is 5.78. The van der Waals surface area contributed by atoms with Crippen molar-refractivity contribution in [2.75, 3.05) is 32.8 Å². The third-order valence-electron chi connectivity index (χ3n) is 2.86. The molecule has 0 aromatic rings. The molecule has 0 spiro atoms. The lowest BCUT2D eigenvalue weighted by Crippen LogP contribution is -2.40. The van der Waals surface area contributed by atoms with Gasteiger partial charge in [0.1, 0.15) is 0 Å². The van der Waals surface area contributed by atoms with Crippen LogP contribution >= 0.6 is 0 Å². The molecular weight excluding hydrogens is 260 g/mol. The molecule has 0 rings (SSSR count). The number of aliphatic carboxylic acids is 1. The average molecular weight is 288 g/mol. The maximum Gasteiger partial charge on any atom is 0.307 e. The molecule has 6 heteroatoms. The molecule has 0 saturated heterocycles. The number of hydrogen-bond acceptors (Lipinski definition) is 4. The van der Waals surface area contributed by atoms with Gasteiger partial charge in [0.05, 0.1) is 18.6 Å². The molecule has 0 aliphatic rings. The minimum Gasteiger partial charge on any atom is -0.481 e. The number of hydrogen-bond donors (Lipinski definition) is 2. The van der Waals surface area contributed by atoms with Crippen molar-refractivity contribution in [3.8, 4) is 0 Å². The number of nitrogens with zero attached hydrogens (tertiary/aromatic N) is 1. The van der Waals surface area contributed by atoms with Crippen LogP contribution in [0.25, 0.3) is 0 Å². The second-order valence-corrected chi connectivity index (χ2v) is 5.19. The standard InChI is InChI=1S/C14H28N2O4/c1-5-16(9-12(4)14(18)19)10-13(17)15-7-6-8-20-11(2)3/h11-12H,5-10H2,1-4H3,(H,15,17)(H,18,19). The maximum absolute atomic E-state index is 11.7. The number of carboxylic acids is 1. The minimum absolute atomic E-state index is 0.0750. The lowest BCUT2D eigenvalue weighted by molar-refractivity contribution is -0.142. The van der Waals surface area contributed by atoms with Crippen molar-refractivity contribution < 1.29 is 19.4 Å². The first-order valence-corrected chi connectivity index (χ1v) is 7.20. The Hall–Kier alpha value is -1.14. The number of likely N-dealkylation sites (N-methyl/N-ethyl adjacent to an activating group) is 1. The molecule has 0 aliphatic heterocycles. The predicted molar refractivity (Wildman–Crippen MR) is 77.6 cm³/mol. The van der Waals surface area contributed by atoms with E-state index in [0.717, 1.165) is 6.42 Å². The van der Waals surface area contributed by atoms with Gasteiger partial charge in [0.25, 0.3) is 0 Å². The Morgan fingerprint density at radius 1 is 1.30 bits per heavy atom. The highest BCUT2D eigenvalue weighted by atomic mass is 16.5. The number of ether oxygens (including phenoxy) is 1. The van der Waals surface area contributed by atoms with Gasteiger partial charge in [-0.05, 0) is 26.8 Å². The lowest BCUT2D eigenvalue weighted by atomic mass is 10.1. The Balaban J connectivity index is 3.83. The molecule has 0 bridgehead atoms. The summed E-state index contributed by atoms with van der Waals surface area (Å²) in [6, 6.07) is 0. The predicted octanol–water partition coefficient (Wildman–Crippen LogP) is 0.960. The fraction of sp³-hybridized carbons (Fsp3) is 0.857. The van der Waals surface area contributed by atoms with Crippen LogP contribution in [0.3, 0.4) is 0 Å². The summed E-state index contributed by atoms with van der Waals surface area (Å²) in [5.74, 6) is -1.38. The first-order valence-electron chi connectivity index (χ1n) is 7.20. The topological polar surface area (TPSA) is 78.9 Å². The number of carbonyl (C=O) groups excluding carboxylic acids is 1. The summed E-state index contributed by atoms with van der Waals surface area (Å²) in [5.41, 5.74) is 0. The van der Waals surface area contributed by atoms with Gasteiger partial charge in [-0.2, -0.15) is 0 Å². The van der Waals surface area contributed by atoms with Gasteiger partial charge >= 0.3 is 5.97 Å². The van der Waals surface area contributed by atoms with Crippen molar-refractivity contribution in [2.24, 2.45) is 5.92 Å². The van der Waals surface area contributed by atoms with Crippen molar-refractivity contribution in [1.29, 1.82) is 0 Å². The van der Waals surface area contributed by atoms with Crippen molar-refractivity contribution >= 4 is 11.9 Å². The summed E-state index contributed by atoms with van der Waals surface area (Å²) in [4.78, 5) is 24.3. The molecule has 0 radical (unpaired) electrons. The number of nitrogens with one attached hydrogen (secondary N) is 1. The van der Waals surface area contributed by atoms with Gasteiger partial charge < -0.3 is 15.2 Å². The largest absolute Gasteiger partial charge is 0.481 e. The molecule has 0 aromatic heterocycles. The zero-order chi connectivity index (χ0) is 15.5. The first-order chi connectivity index (χ1) is 9.36. The van der Waals surface area contributed by atoms with E-state index in [2.05, 4.69) is 5.32 Å². The molecule has 1 amide bonds. The average Bonchev–Trinajstić information content (AvgIpc) is 2.36. The molecule has 118 valence electrons. The van der Waals surface area contributed by atoms with Gasteiger partial charge in [0, 0.05) is 19.7 Å². The van der Waals surface area contributed by atoms with Crippen LogP contribution in [0.15, 0.2) is 0 Å². The smallest absolute Gasteiger partial charge is 0.307 e. The van der Waals surface area contributed by atoms with Crippen LogP contribution in [-0.2, 0) is 14.3 Å². The normalized spacial score (nSPS) is 12.7. The fourth-order valence-electron chi connectivity index (χ4n) is 1.65. The van der Waals surface area contributed by atoms with E-state index in [4.69, 9.17) is 9.84 Å². The molecular formula is C14H28N2O4. The van der Waals surface area contributed by atoms with E-state index in [1.54, 1.807) is 6.92 Å². The van der Waals surface area contributed by atoms with E-state index in [0.29, 0.717) is 26.2 Å². The van der Waals surface area contributed by atoms with E-state index in [-0.39, 0.29) is 18.6 Å². The monoisotopic (exact) mass is 288 g/mol. The summed E-state index contributed by atoms with van der Waals surface area (Å²) in [7, 11) is 0. The summed E-state index contributed by atoms with van der Waals surface area (Å²) < 4.78 is 5.38. The lowest BCUT2D eigenvalue weighted by Gasteiger charge is -2.21. The molecule has 0 saturated carbocycles. The molecule has 0 heterocycles. The number of amides is 1. The third kappa shape index (κ3) is 9.75. The summed E-state index contributed by atoms with van der Waals surface area (Å²) in [5, 5.41) is 11.7. The van der Waals surface area contributed by atoms with Crippen LogP contribution in [0.5, 0.6) is 0 Å². The Morgan fingerprint density at radius 3 is 2.45 bits per heavy atom. The zero-order valence-electron chi connectivity index (χ0n) is 13.0. The molecule has 20 heavy (non-hydrogen) atoms. The van der Waals surface area contributed by atoms with Gasteiger partial charge in [-0.25, -0.2) is 0 Å². The van der Waals surface area contributed by atoms with Crippen LogP contribution in [0.1, 0.15) is 34.1 Å². The highest BCUT2D eigenvalue weighted by Gasteiger charge is 2.16. The van der Waals surface area contributed by atoms with Crippen LogP contribution in [0, 0.1) is 5.92 Å². The highest BCUT2D eigenvalue weighted by Crippen LogP contribution is 1.99. The molecule has 1 unspecified atom stereocenters. The molecule has 0 aromatic carbocycles. The summed E-state index contributed by atoms with van der Waals surface area (Å²) >= 11 is 0. The second kappa shape index (κ2) is 10.6. The van der Waals surface area contributed by atoms with Crippen LogP contribution in [0.2, 0.25) is 0 Å². The maximum atomic E-state index is 11.7. The van der Waals surface area contributed by atoms with E-state index >= 15 is 0 Å². The number of carboxylic acid groups (broad SMARTS) is 1. The van der Waals surface area contributed by atoms with Gasteiger partial charge in [0.15, 0.2) is 0 Å². The molecule has 1 atom stereocenters. The third-order valence-corrected chi connectivity index (χ3v) is 2.86. The summed E-state index contributed by atoms with van der Waals surface area (Å²) in [6.07, 6.45) is 0.987. The van der Waals surface area contributed by atoms with E-state index in [1.807, 2.05) is 25.7 Å². The van der Waals surface area contributed by atoms with Crippen molar-refractivity contribution in [3.63, 3.8) is 0 Å². The van der Waals surface area contributed by atoms with Crippen LogP contribution in [-0.4, -0.2) is 60.8 Å². The van der Waals surface area contributed by atoms with E-state index in [9.17, 15) is 9.59 Å². The molecule has 2 N–H and O–H groups in total. The van der Waals surface area contributed by atoms with Gasteiger partial charge in [-0.3, -0.25) is 14.5 Å². The van der Waals surface area contributed by atoms with Gasteiger partial charge in [0.2, 0.25) is 5.91 Å². The second-order valence-electron chi connectivity index (χ2n) is 5.19. The van der Waals surface area contributed by atoms with Gasteiger partial charge in [-0.15, -0.1) is 0 Å². The van der Waals surface area contributed by atoms with Crippen molar-refractivity contribution in [2.45, 2.75) is 40.2 Å². The Labute approximate surface area is 121 Å². The fourth-order valence-corrected chi connectivity index (χ4v) is 1.65.